The molecule has 0 atom stereocenters. The Morgan fingerprint density at radius 2 is 1.85 bits per heavy atom. The molecule has 184 valence electrons. The van der Waals surface area contributed by atoms with E-state index in [4.69, 9.17) is 0 Å². The van der Waals surface area contributed by atoms with Crippen LogP contribution in [0.15, 0.2) is 17.1 Å². The van der Waals surface area contributed by atoms with Gasteiger partial charge in [-0.15, -0.1) is 0 Å². The van der Waals surface area contributed by atoms with Gasteiger partial charge in [0.15, 0.2) is 5.56 Å². The van der Waals surface area contributed by atoms with Crippen molar-refractivity contribution in [3.8, 4) is 5.88 Å². The number of likely N-dealkylation sites (tertiary alicyclic amines) is 1. The first-order valence-electron chi connectivity index (χ1n) is 12.3. The lowest BCUT2D eigenvalue weighted by Crippen LogP contribution is -2.38. The molecule has 3 heterocycles. The van der Waals surface area contributed by atoms with E-state index in [1.807, 2.05) is 18.7 Å². The highest BCUT2D eigenvalue weighted by molar-refractivity contribution is 5.97. The van der Waals surface area contributed by atoms with E-state index in [9.17, 15) is 19.5 Å². The molecule has 1 aliphatic heterocycles. The number of aromatic hydroxyl groups is 1. The van der Waals surface area contributed by atoms with Crippen LogP contribution in [0.3, 0.4) is 0 Å². The molecule has 9 heteroatoms. The van der Waals surface area contributed by atoms with E-state index in [1.165, 1.54) is 21.4 Å². The maximum atomic E-state index is 13.3. The highest BCUT2D eigenvalue weighted by Crippen LogP contribution is 2.26. The minimum atomic E-state index is -0.586. The van der Waals surface area contributed by atoms with Gasteiger partial charge < -0.3 is 15.3 Å². The van der Waals surface area contributed by atoms with Gasteiger partial charge in [-0.1, -0.05) is 27.7 Å². The summed E-state index contributed by atoms with van der Waals surface area (Å²) in [5.41, 5.74) is 0.0335. The van der Waals surface area contributed by atoms with Crippen molar-refractivity contribution in [3.05, 3.63) is 33.8 Å². The third kappa shape index (κ3) is 4.88. The molecule has 0 spiro atoms. The first-order valence-corrected chi connectivity index (χ1v) is 12.3. The average Bonchev–Trinajstić information content (AvgIpc) is 3.50. The molecular formula is C25H35N5O4. The van der Waals surface area contributed by atoms with E-state index in [0.717, 1.165) is 38.8 Å². The summed E-state index contributed by atoms with van der Waals surface area (Å²) in [4.78, 5) is 40.6. The normalized spacial score (nSPS) is 17.4. The van der Waals surface area contributed by atoms with Gasteiger partial charge in [0.25, 0.3) is 11.5 Å². The minimum absolute atomic E-state index is 0.0493. The Morgan fingerprint density at radius 3 is 2.44 bits per heavy atom. The SMILES string of the molecule is CC(C)Cn1c(=O)c(C(=O)NC2CC2)c(O)n2ncc(C=CC(=O)N3CCC(C(C)C)CC3)c12. The molecule has 2 amide bonds. The van der Waals surface area contributed by atoms with E-state index in [0.29, 0.717) is 29.6 Å². The van der Waals surface area contributed by atoms with Crippen molar-refractivity contribution in [2.45, 2.75) is 66.0 Å². The van der Waals surface area contributed by atoms with Crippen molar-refractivity contribution in [1.29, 1.82) is 0 Å². The Morgan fingerprint density at radius 1 is 1.18 bits per heavy atom. The molecule has 1 saturated heterocycles. The number of hydrogen-bond donors (Lipinski definition) is 2. The number of carbonyl (C=O) groups is 2. The molecule has 0 radical (unpaired) electrons. The maximum Gasteiger partial charge on any atom is 0.270 e. The zero-order valence-electron chi connectivity index (χ0n) is 20.5. The van der Waals surface area contributed by atoms with E-state index >= 15 is 0 Å². The van der Waals surface area contributed by atoms with Crippen molar-refractivity contribution >= 4 is 23.5 Å². The quantitative estimate of drug-likeness (QED) is 0.606. The fourth-order valence-electron chi connectivity index (χ4n) is 4.60. The van der Waals surface area contributed by atoms with Crippen LogP contribution < -0.4 is 10.9 Å². The molecule has 2 fully saturated rings. The number of carbonyl (C=O) groups excluding carboxylic acids is 2. The fourth-order valence-corrected chi connectivity index (χ4v) is 4.60. The van der Waals surface area contributed by atoms with Crippen LogP contribution in [0.4, 0.5) is 0 Å². The summed E-state index contributed by atoms with van der Waals surface area (Å²) in [6.45, 7) is 10.2. The van der Waals surface area contributed by atoms with Crippen LogP contribution in [0.1, 0.15) is 69.3 Å². The summed E-state index contributed by atoms with van der Waals surface area (Å²) in [5.74, 6) is 0.224. The lowest BCUT2D eigenvalue weighted by molar-refractivity contribution is -0.127. The number of piperidine rings is 1. The second kappa shape index (κ2) is 9.64. The molecule has 4 rings (SSSR count). The summed E-state index contributed by atoms with van der Waals surface area (Å²) >= 11 is 0. The number of amides is 2. The number of nitrogens with zero attached hydrogens (tertiary/aromatic N) is 4. The smallest absolute Gasteiger partial charge is 0.270 e. The fraction of sp³-hybridized carbons (Fsp3) is 0.600. The van der Waals surface area contributed by atoms with Gasteiger partial charge in [0.1, 0.15) is 5.65 Å². The largest absolute Gasteiger partial charge is 0.492 e. The van der Waals surface area contributed by atoms with Gasteiger partial charge in [-0.25, -0.2) is 0 Å². The minimum Gasteiger partial charge on any atom is -0.492 e. The second-order valence-electron chi connectivity index (χ2n) is 10.3. The number of hydrogen-bond acceptors (Lipinski definition) is 5. The Labute approximate surface area is 199 Å². The van der Waals surface area contributed by atoms with Crippen molar-refractivity contribution < 1.29 is 14.7 Å². The molecule has 0 bridgehead atoms. The molecule has 2 aliphatic rings. The molecule has 1 saturated carbocycles. The molecular weight excluding hydrogens is 434 g/mol. The van der Waals surface area contributed by atoms with Crippen LogP contribution in [-0.4, -0.2) is 55.1 Å². The van der Waals surface area contributed by atoms with Gasteiger partial charge >= 0.3 is 0 Å². The van der Waals surface area contributed by atoms with Crippen molar-refractivity contribution in [2.24, 2.45) is 17.8 Å². The van der Waals surface area contributed by atoms with E-state index < -0.39 is 17.3 Å². The van der Waals surface area contributed by atoms with E-state index in [-0.39, 0.29) is 23.4 Å². The van der Waals surface area contributed by atoms with Gasteiger partial charge in [-0.3, -0.25) is 19.0 Å². The number of fused-ring (bicyclic) bond motifs is 1. The maximum absolute atomic E-state index is 13.3. The van der Waals surface area contributed by atoms with Gasteiger partial charge in [-0.05, 0) is 49.5 Å². The standard InChI is InChI=1S/C25H35N5O4/c1-15(2)14-29-23-18(5-8-20(31)28-11-9-17(10-12-28)16(3)4)13-26-30(23)25(34)21(24(29)33)22(32)27-19-6-7-19/h5,8,13,15-17,19,34H,6-7,9-12,14H2,1-4H3,(H,27,32). The van der Waals surface area contributed by atoms with E-state index in [2.05, 4.69) is 24.3 Å². The molecule has 0 unspecified atom stereocenters. The Kier molecular flexibility index (Phi) is 6.81. The number of aromatic nitrogens is 3. The Hall–Kier alpha value is -3.10. The topological polar surface area (TPSA) is 109 Å². The molecule has 0 aromatic carbocycles. The van der Waals surface area contributed by atoms with Gasteiger partial charge in [0.05, 0.1) is 6.20 Å². The lowest BCUT2D eigenvalue weighted by atomic mass is 9.87. The predicted octanol–water partition coefficient (Wildman–Crippen LogP) is 2.66. The van der Waals surface area contributed by atoms with Crippen LogP contribution in [0.5, 0.6) is 5.88 Å². The number of nitrogens with one attached hydrogen (secondary N) is 1. The first-order chi connectivity index (χ1) is 16.2. The van der Waals surface area contributed by atoms with E-state index in [1.54, 1.807) is 6.08 Å². The average molecular weight is 470 g/mol. The van der Waals surface area contributed by atoms with Crippen LogP contribution >= 0.6 is 0 Å². The second-order valence-corrected chi connectivity index (χ2v) is 10.3. The van der Waals surface area contributed by atoms with Gasteiger partial charge in [-0.2, -0.15) is 9.61 Å². The Bertz CT molecular complexity index is 1160. The van der Waals surface area contributed by atoms with Gasteiger partial charge in [0.2, 0.25) is 11.8 Å². The van der Waals surface area contributed by atoms with Crippen LogP contribution in [0.2, 0.25) is 0 Å². The zero-order chi connectivity index (χ0) is 24.6. The summed E-state index contributed by atoms with van der Waals surface area (Å²) in [6.07, 6.45) is 8.38. The third-order valence-electron chi connectivity index (χ3n) is 6.80. The van der Waals surface area contributed by atoms with Crippen LogP contribution in [0.25, 0.3) is 11.7 Å². The first kappa shape index (κ1) is 24.0. The molecule has 2 N–H and O–H groups in total. The zero-order valence-corrected chi connectivity index (χ0v) is 20.5. The number of rotatable bonds is 7. The summed E-state index contributed by atoms with van der Waals surface area (Å²) < 4.78 is 2.68. The molecule has 9 nitrogen and oxygen atoms in total. The monoisotopic (exact) mass is 469 g/mol. The lowest BCUT2D eigenvalue weighted by Gasteiger charge is -2.33. The van der Waals surface area contributed by atoms with Crippen molar-refractivity contribution in [3.63, 3.8) is 0 Å². The van der Waals surface area contributed by atoms with Crippen LogP contribution in [0, 0.1) is 17.8 Å². The molecule has 2 aromatic rings. The summed E-state index contributed by atoms with van der Waals surface area (Å²) in [6, 6.07) is 0.0493. The molecule has 1 aliphatic carbocycles. The predicted molar refractivity (Wildman–Crippen MR) is 130 cm³/mol. The summed E-state index contributed by atoms with van der Waals surface area (Å²) in [7, 11) is 0. The van der Waals surface area contributed by atoms with Crippen molar-refractivity contribution in [2.75, 3.05) is 13.1 Å². The van der Waals surface area contributed by atoms with Crippen molar-refractivity contribution in [1.82, 2.24) is 24.4 Å². The van der Waals surface area contributed by atoms with Crippen LogP contribution in [-0.2, 0) is 11.3 Å². The highest BCUT2D eigenvalue weighted by atomic mass is 16.3. The highest BCUT2D eigenvalue weighted by Gasteiger charge is 2.30. The Balaban J connectivity index is 1.65. The summed E-state index contributed by atoms with van der Waals surface area (Å²) in [5, 5.41) is 17.8. The third-order valence-corrected chi connectivity index (χ3v) is 6.80. The van der Waals surface area contributed by atoms with Gasteiger partial charge in [0, 0.05) is 37.3 Å². The molecule has 34 heavy (non-hydrogen) atoms. The molecule has 2 aromatic heterocycles.